The molecule has 0 aromatic heterocycles. The molecule has 0 saturated carbocycles. The van der Waals surface area contributed by atoms with Gasteiger partial charge in [0, 0.05) is 23.8 Å². The second-order valence-corrected chi connectivity index (χ2v) is 5.16. The van der Waals surface area contributed by atoms with Crippen LogP contribution in [-0.2, 0) is 6.61 Å². The quantitative estimate of drug-likeness (QED) is 0.585. The van der Waals surface area contributed by atoms with Gasteiger partial charge in [-0.3, -0.25) is 10.1 Å². The van der Waals surface area contributed by atoms with Crippen LogP contribution in [0, 0.1) is 15.9 Å². The smallest absolute Gasteiger partial charge is 0.270 e. The number of non-ortho nitro benzene ring substituents is 1. The number of hydrogen-bond acceptors (Lipinski definition) is 3. The van der Waals surface area contributed by atoms with E-state index in [0.29, 0.717) is 15.8 Å². The highest BCUT2D eigenvalue weighted by molar-refractivity contribution is 9.10. The topological polar surface area (TPSA) is 52.4 Å². The average Bonchev–Trinajstić information content (AvgIpc) is 2.40. The summed E-state index contributed by atoms with van der Waals surface area (Å²) in [5.41, 5.74) is 0.485. The first-order chi connectivity index (χ1) is 9.47. The monoisotopic (exact) mass is 359 g/mol. The Hall–Kier alpha value is -1.66. The predicted molar refractivity (Wildman–Crippen MR) is 76.5 cm³/mol. The molecule has 7 heteroatoms. The van der Waals surface area contributed by atoms with Gasteiger partial charge in [0.2, 0.25) is 0 Å². The third kappa shape index (κ3) is 3.46. The number of hydrogen-bond donors (Lipinski definition) is 0. The van der Waals surface area contributed by atoms with Crippen LogP contribution in [0.1, 0.15) is 5.56 Å². The van der Waals surface area contributed by atoms with Gasteiger partial charge in [0.05, 0.1) is 14.4 Å². The summed E-state index contributed by atoms with van der Waals surface area (Å²) in [6, 6.07) is 8.17. The highest BCUT2D eigenvalue weighted by atomic mass is 79.9. The molecule has 0 heterocycles. The van der Waals surface area contributed by atoms with Crippen molar-refractivity contribution < 1.29 is 14.1 Å². The van der Waals surface area contributed by atoms with Crippen LogP contribution in [0.3, 0.4) is 0 Å². The summed E-state index contributed by atoms with van der Waals surface area (Å²) in [7, 11) is 0. The molecule has 0 aliphatic rings. The molecule has 20 heavy (non-hydrogen) atoms. The van der Waals surface area contributed by atoms with Crippen molar-refractivity contribution in [1.82, 2.24) is 0 Å². The van der Waals surface area contributed by atoms with Crippen molar-refractivity contribution in [3.8, 4) is 5.75 Å². The van der Waals surface area contributed by atoms with E-state index in [9.17, 15) is 14.5 Å². The van der Waals surface area contributed by atoms with Crippen molar-refractivity contribution in [2.24, 2.45) is 0 Å². The molecule has 0 N–H and O–H groups in total. The van der Waals surface area contributed by atoms with E-state index >= 15 is 0 Å². The minimum absolute atomic E-state index is 0.0822. The predicted octanol–water partition coefficient (Wildman–Crippen LogP) is 4.73. The maximum absolute atomic E-state index is 13.1. The van der Waals surface area contributed by atoms with E-state index < -0.39 is 10.7 Å². The molecule has 0 fully saturated rings. The van der Waals surface area contributed by atoms with Gasteiger partial charge in [0.1, 0.15) is 18.2 Å². The lowest BCUT2D eigenvalue weighted by Crippen LogP contribution is -1.98. The Morgan fingerprint density at radius 3 is 2.70 bits per heavy atom. The highest BCUT2D eigenvalue weighted by Crippen LogP contribution is 2.28. The second-order valence-electron chi connectivity index (χ2n) is 3.90. The number of ether oxygens (including phenoxy) is 1. The third-order valence-electron chi connectivity index (χ3n) is 2.52. The van der Waals surface area contributed by atoms with E-state index in [4.69, 9.17) is 16.3 Å². The van der Waals surface area contributed by atoms with Crippen molar-refractivity contribution in [3.05, 3.63) is 67.4 Å². The molecule has 104 valence electrons. The van der Waals surface area contributed by atoms with E-state index in [1.807, 2.05) is 0 Å². The first-order valence-corrected chi connectivity index (χ1v) is 6.65. The largest absolute Gasteiger partial charge is 0.488 e. The van der Waals surface area contributed by atoms with Crippen LogP contribution in [0.4, 0.5) is 10.1 Å². The van der Waals surface area contributed by atoms with Gasteiger partial charge < -0.3 is 4.74 Å². The number of halogens is 3. The highest BCUT2D eigenvalue weighted by Gasteiger charge is 2.10. The van der Waals surface area contributed by atoms with Crippen molar-refractivity contribution in [2.75, 3.05) is 0 Å². The summed E-state index contributed by atoms with van der Waals surface area (Å²) in [6.07, 6.45) is 0. The maximum Gasteiger partial charge on any atom is 0.270 e. The first-order valence-electron chi connectivity index (χ1n) is 5.48. The fraction of sp³-hybridized carbons (Fsp3) is 0.0769. The Morgan fingerprint density at radius 1 is 1.30 bits per heavy atom. The van der Waals surface area contributed by atoms with E-state index in [1.54, 1.807) is 0 Å². The number of nitro benzene ring substituents is 1. The van der Waals surface area contributed by atoms with Gasteiger partial charge in [-0.2, -0.15) is 0 Å². The molecule has 0 spiro atoms. The van der Waals surface area contributed by atoms with Gasteiger partial charge in [-0.25, -0.2) is 4.39 Å². The summed E-state index contributed by atoms with van der Waals surface area (Å²) in [5.74, 6) is -0.0857. The Morgan fingerprint density at radius 2 is 2.05 bits per heavy atom. The SMILES string of the molecule is O=[N+]([O-])c1ccc(COc2cc(F)ccc2Br)c(Cl)c1. The average molecular weight is 361 g/mol. The summed E-state index contributed by atoms with van der Waals surface area (Å²) in [4.78, 5) is 10.1. The first kappa shape index (κ1) is 14.7. The van der Waals surface area contributed by atoms with Gasteiger partial charge in [-0.15, -0.1) is 0 Å². The van der Waals surface area contributed by atoms with E-state index in [0.717, 1.165) is 0 Å². The summed E-state index contributed by atoms with van der Waals surface area (Å²) in [5, 5.41) is 10.8. The molecule has 2 aromatic rings. The normalized spacial score (nSPS) is 10.3. The fourth-order valence-electron chi connectivity index (χ4n) is 1.51. The van der Waals surface area contributed by atoms with Crippen molar-refractivity contribution in [3.63, 3.8) is 0 Å². The van der Waals surface area contributed by atoms with Crippen LogP contribution in [0.15, 0.2) is 40.9 Å². The molecule has 0 bridgehead atoms. The molecular formula is C13H8BrClFNO3. The molecule has 0 unspecified atom stereocenters. The van der Waals surface area contributed by atoms with Gasteiger partial charge >= 0.3 is 0 Å². The van der Waals surface area contributed by atoms with Crippen molar-refractivity contribution in [1.29, 1.82) is 0 Å². The zero-order valence-corrected chi connectivity index (χ0v) is 12.3. The minimum atomic E-state index is -0.528. The summed E-state index contributed by atoms with van der Waals surface area (Å²) >= 11 is 9.18. The van der Waals surface area contributed by atoms with Crippen LogP contribution in [0.5, 0.6) is 5.75 Å². The van der Waals surface area contributed by atoms with Gasteiger partial charge in [0.15, 0.2) is 0 Å². The standard InChI is InChI=1S/C13H8BrClFNO3/c14-11-4-2-9(16)5-13(11)20-7-8-1-3-10(17(18)19)6-12(8)15/h1-6H,7H2. The lowest BCUT2D eigenvalue weighted by atomic mass is 10.2. The van der Waals surface area contributed by atoms with Crippen LogP contribution < -0.4 is 4.74 Å². The molecule has 0 aliphatic heterocycles. The van der Waals surface area contributed by atoms with E-state index in [2.05, 4.69) is 15.9 Å². The molecule has 0 radical (unpaired) electrons. The van der Waals surface area contributed by atoms with Crippen LogP contribution in [0.25, 0.3) is 0 Å². The zero-order valence-electron chi connectivity index (χ0n) is 9.98. The number of nitro groups is 1. The van der Waals surface area contributed by atoms with E-state index in [1.165, 1.54) is 36.4 Å². The Labute approximate surface area is 127 Å². The Balaban J connectivity index is 2.15. The minimum Gasteiger partial charge on any atom is -0.488 e. The van der Waals surface area contributed by atoms with Crippen molar-refractivity contribution >= 4 is 33.2 Å². The van der Waals surface area contributed by atoms with Gasteiger partial charge in [-0.05, 0) is 34.1 Å². The molecule has 2 aromatic carbocycles. The lowest BCUT2D eigenvalue weighted by molar-refractivity contribution is -0.384. The van der Waals surface area contributed by atoms with Crippen molar-refractivity contribution in [2.45, 2.75) is 6.61 Å². The molecular weight excluding hydrogens is 353 g/mol. The maximum atomic E-state index is 13.1. The fourth-order valence-corrected chi connectivity index (χ4v) is 2.10. The van der Waals surface area contributed by atoms with Gasteiger partial charge in [-0.1, -0.05) is 11.6 Å². The third-order valence-corrected chi connectivity index (χ3v) is 3.53. The number of nitrogens with zero attached hydrogens (tertiary/aromatic N) is 1. The molecule has 4 nitrogen and oxygen atoms in total. The molecule has 2 rings (SSSR count). The Bertz CT molecular complexity index is 666. The zero-order chi connectivity index (χ0) is 14.7. The Kier molecular flexibility index (Phi) is 4.57. The molecule has 0 atom stereocenters. The number of rotatable bonds is 4. The van der Waals surface area contributed by atoms with Gasteiger partial charge in [0.25, 0.3) is 5.69 Å². The molecule has 0 amide bonds. The van der Waals surface area contributed by atoms with E-state index in [-0.39, 0.29) is 17.3 Å². The lowest BCUT2D eigenvalue weighted by Gasteiger charge is -2.09. The summed E-state index contributed by atoms with van der Waals surface area (Å²) < 4.78 is 19.1. The second kappa shape index (κ2) is 6.19. The number of benzene rings is 2. The van der Waals surface area contributed by atoms with Crippen LogP contribution >= 0.6 is 27.5 Å². The molecule has 0 aliphatic carbocycles. The van der Waals surface area contributed by atoms with Crippen LogP contribution in [0.2, 0.25) is 5.02 Å². The molecule has 0 saturated heterocycles. The summed E-state index contributed by atoms with van der Waals surface area (Å²) in [6.45, 7) is 0.0822. The van der Waals surface area contributed by atoms with Crippen LogP contribution in [-0.4, -0.2) is 4.92 Å².